The Balaban J connectivity index is 3.52. The van der Waals surface area contributed by atoms with E-state index in [9.17, 15) is 0 Å². The van der Waals surface area contributed by atoms with Crippen LogP contribution in [0.2, 0.25) is 0 Å². The van der Waals surface area contributed by atoms with Gasteiger partial charge in [-0.1, -0.05) is 78.9 Å². The zero-order chi connectivity index (χ0) is 15.5. The zero-order valence-electron chi connectivity index (χ0n) is 15.2. The lowest BCUT2D eigenvalue weighted by atomic mass is 9.79. The standard InChI is InChI=1S/C20H40/c1-7-8-9-10-11-12-13-14-17-20(5,6)18-15-16-19(2,3)4/h7-8H,9-18H2,1-6H3/b8-7+. The molecule has 0 nitrogen and oxygen atoms in total. The van der Waals surface area contributed by atoms with Crippen LogP contribution < -0.4 is 0 Å². The van der Waals surface area contributed by atoms with Gasteiger partial charge in [0.2, 0.25) is 0 Å². The maximum absolute atomic E-state index is 2.46. The molecular formula is C20H40. The number of unbranched alkanes of at least 4 members (excludes halogenated alkanes) is 5. The number of hydrogen-bond acceptors (Lipinski definition) is 0. The van der Waals surface area contributed by atoms with Gasteiger partial charge in [0.1, 0.15) is 0 Å². The molecule has 0 saturated heterocycles. The van der Waals surface area contributed by atoms with Gasteiger partial charge in [0, 0.05) is 0 Å². The molecule has 0 heteroatoms. The van der Waals surface area contributed by atoms with Crippen molar-refractivity contribution in [2.45, 2.75) is 106 Å². The van der Waals surface area contributed by atoms with Gasteiger partial charge in [-0.3, -0.25) is 0 Å². The summed E-state index contributed by atoms with van der Waals surface area (Å²) in [5.41, 5.74) is 1.05. The Morgan fingerprint density at radius 3 is 1.80 bits per heavy atom. The molecule has 0 fully saturated rings. The number of hydrogen-bond donors (Lipinski definition) is 0. The van der Waals surface area contributed by atoms with Crippen LogP contribution in [0.1, 0.15) is 106 Å². The normalized spacial score (nSPS) is 13.3. The smallest absolute Gasteiger partial charge is 0.0351 e. The summed E-state index contributed by atoms with van der Waals surface area (Å²) in [6.07, 6.45) is 18.3. The second-order valence-corrected chi connectivity index (χ2v) is 8.45. The Morgan fingerprint density at radius 2 is 1.20 bits per heavy atom. The van der Waals surface area contributed by atoms with E-state index in [0.717, 1.165) is 0 Å². The fourth-order valence-electron chi connectivity index (χ4n) is 2.79. The predicted molar refractivity (Wildman–Crippen MR) is 94.2 cm³/mol. The van der Waals surface area contributed by atoms with Crippen molar-refractivity contribution in [3.05, 3.63) is 12.2 Å². The molecule has 0 aromatic rings. The van der Waals surface area contributed by atoms with Crippen LogP contribution in [0.3, 0.4) is 0 Å². The Hall–Kier alpha value is -0.260. The summed E-state index contributed by atoms with van der Waals surface area (Å²) in [6, 6.07) is 0. The third-order valence-corrected chi connectivity index (χ3v) is 4.24. The lowest BCUT2D eigenvalue weighted by Crippen LogP contribution is -2.13. The van der Waals surface area contributed by atoms with E-state index in [1.807, 2.05) is 0 Å². The molecule has 0 atom stereocenters. The summed E-state index contributed by atoms with van der Waals surface area (Å²) in [6.45, 7) is 14.1. The molecule has 0 bridgehead atoms. The fraction of sp³-hybridized carbons (Fsp3) is 0.900. The lowest BCUT2D eigenvalue weighted by molar-refractivity contribution is 0.258. The summed E-state index contributed by atoms with van der Waals surface area (Å²) in [5, 5.41) is 0. The van der Waals surface area contributed by atoms with Crippen molar-refractivity contribution >= 4 is 0 Å². The monoisotopic (exact) mass is 280 g/mol. The van der Waals surface area contributed by atoms with Crippen LogP contribution in [0, 0.1) is 10.8 Å². The van der Waals surface area contributed by atoms with E-state index in [4.69, 9.17) is 0 Å². The maximum atomic E-state index is 2.46. The first-order valence-corrected chi connectivity index (χ1v) is 8.88. The molecule has 0 unspecified atom stereocenters. The molecule has 120 valence electrons. The van der Waals surface area contributed by atoms with Crippen LogP contribution >= 0.6 is 0 Å². The molecular weight excluding hydrogens is 240 g/mol. The third-order valence-electron chi connectivity index (χ3n) is 4.24. The van der Waals surface area contributed by atoms with Gasteiger partial charge >= 0.3 is 0 Å². The van der Waals surface area contributed by atoms with Crippen LogP contribution in [-0.4, -0.2) is 0 Å². The van der Waals surface area contributed by atoms with Crippen LogP contribution in [-0.2, 0) is 0 Å². The van der Waals surface area contributed by atoms with Crippen LogP contribution in [0.15, 0.2) is 12.2 Å². The summed E-state index contributed by atoms with van der Waals surface area (Å²) >= 11 is 0. The average molecular weight is 281 g/mol. The minimum absolute atomic E-state index is 0.503. The van der Waals surface area contributed by atoms with Crippen molar-refractivity contribution in [1.29, 1.82) is 0 Å². The van der Waals surface area contributed by atoms with E-state index in [1.54, 1.807) is 0 Å². The summed E-state index contributed by atoms with van der Waals surface area (Å²) in [4.78, 5) is 0. The third kappa shape index (κ3) is 14.2. The Bertz CT molecular complexity index is 239. The van der Waals surface area contributed by atoms with Crippen LogP contribution in [0.5, 0.6) is 0 Å². The van der Waals surface area contributed by atoms with Crippen molar-refractivity contribution in [2.24, 2.45) is 10.8 Å². The van der Waals surface area contributed by atoms with Crippen molar-refractivity contribution in [2.75, 3.05) is 0 Å². The summed E-state index contributed by atoms with van der Waals surface area (Å²) in [7, 11) is 0. The zero-order valence-corrected chi connectivity index (χ0v) is 15.2. The van der Waals surface area contributed by atoms with Crippen molar-refractivity contribution < 1.29 is 0 Å². The molecule has 0 aromatic carbocycles. The first kappa shape index (κ1) is 19.7. The predicted octanol–water partition coefficient (Wildman–Crippen LogP) is 7.54. The van der Waals surface area contributed by atoms with Gasteiger partial charge < -0.3 is 0 Å². The Labute approximate surface area is 129 Å². The summed E-state index contributed by atoms with van der Waals surface area (Å²) in [5.74, 6) is 0. The minimum Gasteiger partial charge on any atom is -0.0917 e. The molecule has 0 aliphatic carbocycles. The average Bonchev–Trinajstić information content (AvgIpc) is 2.30. The van der Waals surface area contributed by atoms with E-state index in [-0.39, 0.29) is 0 Å². The van der Waals surface area contributed by atoms with Crippen LogP contribution in [0.4, 0.5) is 0 Å². The number of allylic oxidation sites excluding steroid dienone is 2. The molecule has 0 rings (SSSR count). The molecule has 0 aliphatic heterocycles. The van der Waals surface area contributed by atoms with Crippen molar-refractivity contribution in [3.8, 4) is 0 Å². The lowest BCUT2D eigenvalue weighted by Gasteiger charge is -2.27. The number of rotatable bonds is 11. The van der Waals surface area contributed by atoms with Crippen molar-refractivity contribution in [3.63, 3.8) is 0 Å². The first-order valence-electron chi connectivity index (χ1n) is 8.88. The first-order chi connectivity index (χ1) is 9.27. The quantitative estimate of drug-likeness (QED) is 0.271. The molecule has 0 N–H and O–H groups in total. The molecule has 0 saturated carbocycles. The van der Waals surface area contributed by atoms with Gasteiger partial charge in [-0.25, -0.2) is 0 Å². The van der Waals surface area contributed by atoms with Crippen LogP contribution in [0.25, 0.3) is 0 Å². The molecule has 0 heterocycles. The van der Waals surface area contributed by atoms with E-state index < -0.39 is 0 Å². The summed E-state index contributed by atoms with van der Waals surface area (Å²) < 4.78 is 0. The molecule has 20 heavy (non-hydrogen) atoms. The van der Waals surface area contributed by atoms with E-state index >= 15 is 0 Å². The topological polar surface area (TPSA) is 0 Å². The van der Waals surface area contributed by atoms with Gasteiger partial charge in [-0.05, 0) is 49.9 Å². The second-order valence-electron chi connectivity index (χ2n) is 8.45. The van der Waals surface area contributed by atoms with Gasteiger partial charge in [0.25, 0.3) is 0 Å². The molecule has 0 aromatic heterocycles. The van der Waals surface area contributed by atoms with E-state index in [0.29, 0.717) is 10.8 Å². The minimum atomic E-state index is 0.503. The Kier molecular flexibility index (Phi) is 10.3. The van der Waals surface area contributed by atoms with E-state index in [2.05, 4.69) is 53.7 Å². The molecule has 0 aliphatic rings. The van der Waals surface area contributed by atoms with Gasteiger partial charge in [0.05, 0.1) is 0 Å². The Morgan fingerprint density at radius 1 is 0.650 bits per heavy atom. The highest BCUT2D eigenvalue weighted by Crippen LogP contribution is 2.32. The highest BCUT2D eigenvalue weighted by Gasteiger charge is 2.18. The van der Waals surface area contributed by atoms with Gasteiger partial charge in [-0.15, -0.1) is 0 Å². The molecule has 0 amide bonds. The highest BCUT2D eigenvalue weighted by molar-refractivity contribution is 4.76. The highest BCUT2D eigenvalue weighted by atomic mass is 14.2. The van der Waals surface area contributed by atoms with Gasteiger partial charge in [0.15, 0.2) is 0 Å². The molecule has 0 radical (unpaired) electrons. The molecule has 0 spiro atoms. The SMILES string of the molecule is C/C=C/CCCCCCCC(C)(C)CCCC(C)(C)C. The fourth-order valence-corrected chi connectivity index (χ4v) is 2.79. The van der Waals surface area contributed by atoms with Crippen molar-refractivity contribution in [1.82, 2.24) is 0 Å². The van der Waals surface area contributed by atoms with E-state index in [1.165, 1.54) is 64.2 Å². The second kappa shape index (κ2) is 10.5. The van der Waals surface area contributed by atoms with Gasteiger partial charge in [-0.2, -0.15) is 0 Å². The largest absolute Gasteiger partial charge is 0.0917 e. The maximum Gasteiger partial charge on any atom is -0.0351 e.